The Morgan fingerprint density at radius 3 is 2.76 bits per heavy atom. The molecule has 0 atom stereocenters. The van der Waals surface area contributed by atoms with Crippen LogP contribution in [0.25, 0.3) is 0 Å². The lowest BCUT2D eigenvalue weighted by Gasteiger charge is -2.14. The van der Waals surface area contributed by atoms with Crippen molar-refractivity contribution in [2.24, 2.45) is 5.16 Å². The van der Waals surface area contributed by atoms with Gasteiger partial charge in [-0.25, -0.2) is 0 Å². The SMILES string of the molecule is CO/N=C(/C)COc1cc(NC(=S)OC(C)C)ccc1Cl. The second-order valence-electron chi connectivity index (χ2n) is 4.52. The number of oxime groups is 1. The maximum absolute atomic E-state index is 6.09. The van der Waals surface area contributed by atoms with Crippen molar-refractivity contribution in [1.29, 1.82) is 0 Å². The summed E-state index contributed by atoms with van der Waals surface area (Å²) in [6, 6.07) is 5.26. The normalized spacial score (nSPS) is 11.2. The van der Waals surface area contributed by atoms with Crippen LogP contribution >= 0.6 is 23.8 Å². The van der Waals surface area contributed by atoms with Crippen LogP contribution < -0.4 is 10.1 Å². The first-order valence-electron chi connectivity index (χ1n) is 6.39. The van der Waals surface area contributed by atoms with Crippen LogP contribution in [0.5, 0.6) is 5.75 Å². The van der Waals surface area contributed by atoms with Crippen LogP contribution in [0.3, 0.4) is 0 Å². The Morgan fingerprint density at radius 2 is 2.14 bits per heavy atom. The lowest BCUT2D eigenvalue weighted by atomic mass is 10.3. The molecule has 0 aliphatic carbocycles. The highest BCUT2D eigenvalue weighted by Crippen LogP contribution is 2.28. The van der Waals surface area contributed by atoms with Gasteiger partial charge in [0.15, 0.2) is 0 Å². The summed E-state index contributed by atoms with van der Waals surface area (Å²) in [6.45, 7) is 5.89. The first-order chi connectivity index (χ1) is 9.92. The number of hydrogen-bond acceptors (Lipinski definition) is 5. The summed E-state index contributed by atoms with van der Waals surface area (Å²) in [4.78, 5) is 4.66. The van der Waals surface area contributed by atoms with Crippen molar-refractivity contribution >= 4 is 40.4 Å². The van der Waals surface area contributed by atoms with Gasteiger partial charge in [-0.3, -0.25) is 0 Å². The molecule has 7 heteroatoms. The van der Waals surface area contributed by atoms with Crippen LogP contribution in [-0.2, 0) is 9.57 Å². The van der Waals surface area contributed by atoms with E-state index in [1.807, 2.05) is 13.8 Å². The molecule has 0 fully saturated rings. The summed E-state index contributed by atoms with van der Waals surface area (Å²) in [5, 5.41) is 7.54. The zero-order valence-corrected chi connectivity index (χ0v) is 14.0. The molecule has 0 spiro atoms. The smallest absolute Gasteiger partial charge is 0.261 e. The van der Waals surface area contributed by atoms with E-state index in [0.717, 1.165) is 5.69 Å². The maximum Gasteiger partial charge on any atom is 0.261 e. The zero-order chi connectivity index (χ0) is 15.8. The Hall–Kier alpha value is -1.53. The van der Waals surface area contributed by atoms with Crippen molar-refractivity contribution in [2.45, 2.75) is 26.9 Å². The fourth-order valence-electron chi connectivity index (χ4n) is 1.42. The molecule has 0 heterocycles. The zero-order valence-electron chi connectivity index (χ0n) is 12.5. The van der Waals surface area contributed by atoms with E-state index in [1.54, 1.807) is 25.1 Å². The van der Waals surface area contributed by atoms with Crippen molar-refractivity contribution in [3.05, 3.63) is 23.2 Å². The van der Waals surface area contributed by atoms with Crippen molar-refractivity contribution in [1.82, 2.24) is 0 Å². The van der Waals surface area contributed by atoms with Gasteiger partial charge in [-0.05, 0) is 45.1 Å². The largest absolute Gasteiger partial charge is 0.486 e. The molecule has 0 aliphatic heterocycles. The van der Waals surface area contributed by atoms with E-state index in [4.69, 9.17) is 33.3 Å². The summed E-state index contributed by atoms with van der Waals surface area (Å²) >= 11 is 11.2. The molecule has 0 unspecified atom stereocenters. The molecular formula is C14H19ClN2O3S. The Balaban J connectivity index is 2.71. The number of halogens is 1. The Labute approximate surface area is 135 Å². The summed E-state index contributed by atoms with van der Waals surface area (Å²) in [6.07, 6.45) is 0.0147. The van der Waals surface area contributed by atoms with E-state index in [1.165, 1.54) is 7.11 Å². The number of nitrogens with one attached hydrogen (secondary N) is 1. The Morgan fingerprint density at radius 1 is 1.43 bits per heavy atom. The second-order valence-corrected chi connectivity index (χ2v) is 5.30. The van der Waals surface area contributed by atoms with Gasteiger partial charge in [0.05, 0.1) is 16.8 Å². The number of ether oxygens (including phenoxy) is 2. The number of hydrogen-bond donors (Lipinski definition) is 1. The van der Waals surface area contributed by atoms with Gasteiger partial charge in [0.25, 0.3) is 5.17 Å². The van der Waals surface area contributed by atoms with Crippen LogP contribution in [0, 0.1) is 0 Å². The summed E-state index contributed by atoms with van der Waals surface area (Å²) < 4.78 is 11.0. The van der Waals surface area contributed by atoms with Crippen molar-refractivity contribution in [3.8, 4) is 5.75 Å². The van der Waals surface area contributed by atoms with Crippen molar-refractivity contribution < 1.29 is 14.3 Å². The van der Waals surface area contributed by atoms with Crippen LogP contribution in [0.4, 0.5) is 5.69 Å². The second kappa shape index (κ2) is 8.69. The predicted octanol–water partition coefficient (Wildman–Crippen LogP) is 3.86. The molecule has 0 radical (unpaired) electrons. The van der Waals surface area contributed by atoms with Crippen LogP contribution in [-0.4, -0.2) is 30.7 Å². The van der Waals surface area contributed by atoms with E-state index in [9.17, 15) is 0 Å². The third-order valence-corrected chi connectivity index (χ3v) is 2.71. The molecule has 0 saturated carbocycles. The van der Waals surface area contributed by atoms with Crippen molar-refractivity contribution in [3.63, 3.8) is 0 Å². The molecule has 5 nitrogen and oxygen atoms in total. The van der Waals surface area contributed by atoms with Gasteiger partial charge in [-0.1, -0.05) is 16.8 Å². The van der Waals surface area contributed by atoms with Crippen molar-refractivity contribution in [2.75, 3.05) is 19.0 Å². The minimum absolute atomic E-state index is 0.0147. The maximum atomic E-state index is 6.09. The van der Waals surface area contributed by atoms with Gasteiger partial charge in [0.1, 0.15) is 19.5 Å². The fourth-order valence-corrected chi connectivity index (χ4v) is 1.90. The standard InChI is InChI=1S/C14H19ClN2O3S/c1-9(2)20-14(21)16-11-5-6-12(15)13(7-11)19-8-10(3)17-18-4/h5-7,9H,8H2,1-4H3,(H,16,21)/b17-10-. The minimum atomic E-state index is 0.0147. The number of anilines is 1. The molecule has 0 amide bonds. The third-order valence-electron chi connectivity index (χ3n) is 2.20. The predicted molar refractivity (Wildman–Crippen MR) is 89.5 cm³/mol. The molecule has 0 aromatic heterocycles. The third kappa shape index (κ3) is 6.64. The Bertz CT molecular complexity index is 521. The summed E-state index contributed by atoms with van der Waals surface area (Å²) in [7, 11) is 1.48. The average Bonchev–Trinajstić information content (AvgIpc) is 2.38. The number of thiocarbonyl (C=S) groups is 1. The van der Waals surface area contributed by atoms with E-state index < -0.39 is 0 Å². The van der Waals surface area contributed by atoms with Crippen LogP contribution in [0.15, 0.2) is 23.4 Å². The summed E-state index contributed by atoms with van der Waals surface area (Å²) in [5.74, 6) is 0.527. The number of rotatable bonds is 6. The summed E-state index contributed by atoms with van der Waals surface area (Å²) in [5.41, 5.74) is 1.44. The van der Waals surface area contributed by atoms with Gasteiger partial charge >= 0.3 is 0 Å². The molecule has 0 aliphatic rings. The van der Waals surface area contributed by atoms with Gasteiger partial charge in [-0.15, -0.1) is 0 Å². The lowest BCUT2D eigenvalue weighted by molar-refractivity contribution is 0.209. The lowest BCUT2D eigenvalue weighted by Crippen LogP contribution is -2.17. The number of nitrogens with zero attached hydrogens (tertiary/aromatic N) is 1. The van der Waals surface area contributed by atoms with Gasteiger partial charge in [0, 0.05) is 11.8 Å². The molecule has 1 N–H and O–H groups in total. The fraction of sp³-hybridized carbons (Fsp3) is 0.429. The van der Waals surface area contributed by atoms with E-state index in [-0.39, 0.29) is 12.7 Å². The quantitative estimate of drug-likeness (QED) is 0.487. The molecule has 1 rings (SSSR count). The molecule has 21 heavy (non-hydrogen) atoms. The highest BCUT2D eigenvalue weighted by Gasteiger charge is 2.07. The highest BCUT2D eigenvalue weighted by molar-refractivity contribution is 7.80. The molecule has 1 aromatic rings. The van der Waals surface area contributed by atoms with Gasteiger partial charge < -0.3 is 19.6 Å². The first-order valence-corrected chi connectivity index (χ1v) is 7.17. The van der Waals surface area contributed by atoms with Crippen LogP contribution in [0.1, 0.15) is 20.8 Å². The minimum Gasteiger partial charge on any atom is -0.486 e. The topological polar surface area (TPSA) is 52.1 Å². The molecule has 0 bridgehead atoms. The van der Waals surface area contributed by atoms with E-state index >= 15 is 0 Å². The van der Waals surface area contributed by atoms with Crippen LogP contribution in [0.2, 0.25) is 5.02 Å². The highest BCUT2D eigenvalue weighted by atomic mass is 35.5. The Kier molecular flexibility index (Phi) is 7.25. The van der Waals surface area contributed by atoms with E-state index in [2.05, 4.69) is 15.3 Å². The van der Waals surface area contributed by atoms with E-state index in [0.29, 0.717) is 21.7 Å². The van der Waals surface area contributed by atoms with Gasteiger partial charge in [0.2, 0.25) is 0 Å². The monoisotopic (exact) mass is 330 g/mol. The first kappa shape index (κ1) is 17.5. The molecular weight excluding hydrogens is 312 g/mol. The molecule has 1 aromatic carbocycles. The number of benzene rings is 1. The molecule has 0 saturated heterocycles. The van der Waals surface area contributed by atoms with Gasteiger partial charge in [-0.2, -0.15) is 0 Å². The average molecular weight is 331 g/mol. The molecule has 116 valence electrons.